The molecule has 0 bridgehead atoms. The molecule has 2 heterocycles. The van der Waals surface area contributed by atoms with Gasteiger partial charge in [0.05, 0.1) is 0 Å². The molecule has 1 fully saturated rings. The van der Waals surface area contributed by atoms with E-state index in [-0.39, 0.29) is 5.82 Å². The number of hydrogen-bond acceptors (Lipinski definition) is 2. The van der Waals surface area contributed by atoms with E-state index in [9.17, 15) is 4.39 Å². The number of H-pyrrole nitrogens is 1. The molecule has 1 aliphatic rings. The highest BCUT2D eigenvalue weighted by molar-refractivity contribution is 7.80. The van der Waals surface area contributed by atoms with Gasteiger partial charge in [0.2, 0.25) is 0 Å². The summed E-state index contributed by atoms with van der Waals surface area (Å²) in [5.41, 5.74) is 4.40. The molecule has 6 heteroatoms. The lowest BCUT2D eigenvalue weighted by molar-refractivity contribution is 0.369. The van der Waals surface area contributed by atoms with Crippen molar-refractivity contribution in [2.75, 3.05) is 6.54 Å². The molecular formula is C24H29FN4S. The number of nitrogens with zero attached hydrogens (tertiary/aromatic N) is 2. The van der Waals surface area contributed by atoms with Crippen LogP contribution in [0.3, 0.4) is 0 Å². The maximum atomic E-state index is 13.8. The number of halogens is 1. The lowest BCUT2D eigenvalue weighted by Crippen LogP contribution is -2.45. The second-order valence-electron chi connectivity index (χ2n) is 8.23. The van der Waals surface area contributed by atoms with Crippen molar-refractivity contribution in [3.63, 3.8) is 0 Å². The lowest BCUT2D eigenvalue weighted by atomic mass is 9.96. The van der Waals surface area contributed by atoms with Gasteiger partial charge in [-0.05, 0) is 79.9 Å². The minimum Gasteiger partial charge on any atom is -0.360 e. The first-order valence-electron chi connectivity index (χ1n) is 10.8. The molecule has 0 unspecified atom stereocenters. The van der Waals surface area contributed by atoms with Crippen molar-refractivity contribution in [1.82, 2.24) is 20.2 Å². The molecule has 30 heavy (non-hydrogen) atoms. The van der Waals surface area contributed by atoms with E-state index in [4.69, 9.17) is 12.2 Å². The summed E-state index contributed by atoms with van der Waals surface area (Å²) in [6, 6.07) is 9.46. The Morgan fingerprint density at radius 2 is 1.97 bits per heavy atom. The maximum absolute atomic E-state index is 13.8. The monoisotopic (exact) mass is 424 g/mol. The largest absolute Gasteiger partial charge is 0.360 e. The third-order valence-electron chi connectivity index (χ3n) is 6.06. The number of hydrogen-bond donors (Lipinski definition) is 2. The quantitative estimate of drug-likeness (QED) is 0.530. The van der Waals surface area contributed by atoms with Gasteiger partial charge in [0.25, 0.3) is 0 Å². The van der Waals surface area contributed by atoms with Crippen LogP contribution in [0.2, 0.25) is 0 Å². The highest BCUT2D eigenvalue weighted by Gasteiger charge is 2.19. The van der Waals surface area contributed by atoms with E-state index >= 15 is 0 Å². The topological polar surface area (TPSA) is 44.0 Å². The van der Waals surface area contributed by atoms with Crippen molar-refractivity contribution in [1.29, 1.82) is 0 Å². The number of aromatic nitrogens is 2. The summed E-state index contributed by atoms with van der Waals surface area (Å²) >= 11 is 5.83. The number of benzene rings is 1. The molecule has 1 saturated carbocycles. The van der Waals surface area contributed by atoms with Crippen LogP contribution in [0.1, 0.15) is 48.9 Å². The number of aryl methyl sites for hydroxylation is 1. The molecule has 1 aliphatic carbocycles. The fraction of sp³-hybridized carbons (Fsp3) is 0.417. The Hall–Kier alpha value is -2.47. The fourth-order valence-corrected chi connectivity index (χ4v) is 4.72. The van der Waals surface area contributed by atoms with Crippen LogP contribution >= 0.6 is 12.2 Å². The van der Waals surface area contributed by atoms with Crippen molar-refractivity contribution < 1.29 is 4.39 Å². The van der Waals surface area contributed by atoms with Gasteiger partial charge >= 0.3 is 0 Å². The van der Waals surface area contributed by atoms with E-state index in [0.717, 1.165) is 46.8 Å². The van der Waals surface area contributed by atoms with Gasteiger partial charge in [0.15, 0.2) is 5.11 Å². The molecule has 1 aromatic carbocycles. The van der Waals surface area contributed by atoms with E-state index in [1.54, 1.807) is 6.07 Å². The van der Waals surface area contributed by atoms with Crippen LogP contribution in [0.25, 0.3) is 10.9 Å². The number of fused-ring (bicyclic) bond motifs is 1. The van der Waals surface area contributed by atoms with Crippen molar-refractivity contribution in [3.8, 4) is 0 Å². The molecule has 0 aliphatic heterocycles. The summed E-state index contributed by atoms with van der Waals surface area (Å²) in [6.07, 6.45) is 10.7. The molecule has 0 spiro atoms. The minimum atomic E-state index is -0.203. The molecular weight excluding hydrogens is 395 g/mol. The molecule has 0 radical (unpaired) electrons. The van der Waals surface area contributed by atoms with Gasteiger partial charge in [-0.25, -0.2) is 4.39 Å². The molecule has 2 N–H and O–H groups in total. The number of pyridine rings is 1. The van der Waals surface area contributed by atoms with Crippen molar-refractivity contribution in [2.45, 2.75) is 58.0 Å². The number of aromatic amines is 1. The second kappa shape index (κ2) is 9.56. The number of rotatable bonds is 6. The van der Waals surface area contributed by atoms with E-state index in [0.29, 0.717) is 6.04 Å². The highest BCUT2D eigenvalue weighted by atomic mass is 32.1. The third kappa shape index (κ3) is 4.98. The van der Waals surface area contributed by atoms with Gasteiger partial charge in [-0.15, -0.1) is 0 Å². The van der Waals surface area contributed by atoms with Gasteiger partial charge in [-0.1, -0.05) is 19.3 Å². The Bertz CT molecular complexity index is 995. The first kappa shape index (κ1) is 20.8. The van der Waals surface area contributed by atoms with Gasteiger partial charge < -0.3 is 15.2 Å². The lowest BCUT2D eigenvalue weighted by Gasteiger charge is -2.31. The van der Waals surface area contributed by atoms with E-state index in [2.05, 4.69) is 27.1 Å². The van der Waals surface area contributed by atoms with Crippen LogP contribution < -0.4 is 5.32 Å². The summed E-state index contributed by atoms with van der Waals surface area (Å²) in [5, 5.41) is 5.37. The Morgan fingerprint density at radius 1 is 1.20 bits per heavy atom. The van der Waals surface area contributed by atoms with Crippen molar-refractivity contribution in [2.24, 2.45) is 0 Å². The Balaban J connectivity index is 1.51. The average molecular weight is 425 g/mol. The SMILES string of the molecule is Cc1[nH]c2ccc(F)cc2c1CCN(Cc1ccncc1)C(=S)NC1CCCCC1. The molecule has 0 amide bonds. The molecule has 2 aromatic heterocycles. The maximum Gasteiger partial charge on any atom is 0.169 e. The average Bonchev–Trinajstić information content (AvgIpc) is 3.07. The van der Waals surface area contributed by atoms with Gasteiger partial charge in [-0.2, -0.15) is 0 Å². The van der Waals surface area contributed by atoms with E-state index < -0.39 is 0 Å². The highest BCUT2D eigenvalue weighted by Crippen LogP contribution is 2.24. The first-order chi connectivity index (χ1) is 14.6. The van der Waals surface area contributed by atoms with Crippen LogP contribution in [0.15, 0.2) is 42.7 Å². The molecule has 4 rings (SSSR count). The molecule has 4 nitrogen and oxygen atoms in total. The summed E-state index contributed by atoms with van der Waals surface area (Å²) in [6.45, 7) is 3.56. The zero-order valence-corrected chi connectivity index (χ0v) is 18.3. The standard InChI is InChI=1S/C24H29FN4S/c1-17-21(22-15-19(25)7-8-23(22)27-17)11-14-29(16-18-9-12-26-13-10-18)24(30)28-20-5-3-2-4-6-20/h7-10,12-13,15,20,27H,2-6,11,14,16H2,1H3,(H,28,30). The zero-order chi connectivity index (χ0) is 20.9. The van der Waals surface area contributed by atoms with Crippen LogP contribution in [0, 0.1) is 12.7 Å². The Labute approximate surface area is 182 Å². The predicted octanol–water partition coefficient (Wildman–Crippen LogP) is 5.26. The normalized spacial score (nSPS) is 14.7. The van der Waals surface area contributed by atoms with Gasteiger partial charge in [-0.3, -0.25) is 4.98 Å². The Kier molecular flexibility index (Phi) is 6.62. The smallest absolute Gasteiger partial charge is 0.169 e. The van der Waals surface area contributed by atoms with Crippen molar-refractivity contribution in [3.05, 3.63) is 65.4 Å². The Morgan fingerprint density at radius 3 is 2.73 bits per heavy atom. The fourth-order valence-electron chi connectivity index (χ4n) is 4.40. The second-order valence-corrected chi connectivity index (χ2v) is 8.62. The van der Waals surface area contributed by atoms with Crippen LogP contribution in [0.5, 0.6) is 0 Å². The van der Waals surface area contributed by atoms with E-state index in [1.807, 2.05) is 30.6 Å². The van der Waals surface area contributed by atoms with Gasteiger partial charge in [0.1, 0.15) is 5.82 Å². The molecule has 0 saturated heterocycles. The summed E-state index contributed by atoms with van der Waals surface area (Å²) in [4.78, 5) is 9.74. The molecule has 3 aromatic rings. The summed E-state index contributed by atoms with van der Waals surface area (Å²) in [7, 11) is 0. The minimum absolute atomic E-state index is 0.203. The van der Waals surface area contributed by atoms with Crippen LogP contribution in [0.4, 0.5) is 4.39 Å². The molecule has 0 atom stereocenters. The van der Waals surface area contributed by atoms with Crippen molar-refractivity contribution >= 4 is 28.2 Å². The summed E-state index contributed by atoms with van der Waals surface area (Å²) < 4.78 is 13.8. The first-order valence-corrected chi connectivity index (χ1v) is 11.2. The van der Waals surface area contributed by atoms with E-state index in [1.165, 1.54) is 43.7 Å². The third-order valence-corrected chi connectivity index (χ3v) is 6.43. The number of thiocarbonyl (C=S) groups is 1. The molecule has 158 valence electrons. The number of nitrogens with one attached hydrogen (secondary N) is 2. The summed E-state index contributed by atoms with van der Waals surface area (Å²) in [5.74, 6) is -0.203. The predicted molar refractivity (Wildman–Crippen MR) is 124 cm³/mol. The van der Waals surface area contributed by atoms with Crippen LogP contribution in [-0.2, 0) is 13.0 Å². The van der Waals surface area contributed by atoms with Gasteiger partial charge in [0, 0.05) is 48.1 Å². The zero-order valence-electron chi connectivity index (χ0n) is 17.5. The van der Waals surface area contributed by atoms with Crippen LogP contribution in [-0.4, -0.2) is 32.6 Å².